The van der Waals surface area contributed by atoms with Crippen LogP contribution in [0.2, 0.25) is 10.0 Å². The molecule has 0 aliphatic carbocycles. The van der Waals surface area contributed by atoms with E-state index in [2.05, 4.69) is 39.2 Å². The highest BCUT2D eigenvalue weighted by Gasteiger charge is 2.31. The van der Waals surface area contributed by atoms with Crippen LogP contribution in [-0.4, -0.2) is 35.7 Å². The molecule has 0 atom stereocenters. The Morgan fingerprint density at radius 2 is 1.76 bits per heavy atom. The molecule has 7 nitrogen and oxygen atoms in total. The van der Waals surface area contributed by atoms with Gasteiger partial charge in [0.05, 0.1) is 15.7 Å². The Morgan fingerprint density at radius 1 is 1.06 bits per heavy atom. The highest BCUT2D eigenvalue weighted by atomic mass is 35.5. The van der Waals surface area contributed by atoms with Crippen molar-refractivity contribution in [3.05, 3.63) is 64.3 Å². The molecule has 0 bridgehead atoms. The molecule has 170 valence electrons. The minimum absolute atomic E-state index is 0.0467. The number of anilines is 4. The number of carbonyl (C=O) groups is 1. The monoisotopic (exact) mass is 483 g/mol. The quantitative estimate of drug-likeness (QED) is 0.508. The zero-order valence-corrected chi connectivity index (χ0v) is 19.6. The molecule has 0 unspecified atom stereocenters. The molecule has 0 saturated carbocycles. The Kier molecular flexibility index (Phi) is 6.00. The SMILES string of the molecule is CC1CCN(c2ccc(Nc3ncc4c(n3)OCN(c3c(Cl)cccc3Cl)C4=O)cc2)CC1. The third-order valence-electron chi connectivity index (χ3n) is 6.04. The number of nitrogens with one attached hydrogen (secondary N) is 1. The van der Waals surface area contributed by atoms with Gasteiger partial charge in [-0.15, -0.1) is 0 Å². The van der Waals surface area contributed by atoms with Crippen molar-refractivity contribution < 1.29 is 9.53 Å². The largest absolute Gasteiger partial charge is 0.455 e. The molecule has 33 heavy (non-hydrogen) atoms. The van der Waals surface area contributed by atoms with Crippen LogP contribution >= 0.6 is 23.2 Å². The second-order valence-electron chi connectivity index (χ2n) is 8.33. The first kappa shape index (κ1) is 21.8. The average Bonchev–Trinajstić information content (AvgIpc) is 2.81. The van der Waals surface area contributed by atoms with Crippen molar-refractivity contribution >= 4 is 52.1 Å². The minimum Gasteiger partial charge on any atom is -0.455 e. The van der Waals surface area contributed by atoms with Crippen molar-refractivity contribution in [1.29, 1.82) is 0 Å². The lowest BCUT2D eigenvalue weighted by Crippen LogP contribution is -2.39. The van der Waals surface area contributed by atoms with Gasteiger partial charge in [-0.05, 0) is 55.2 Å². The number of hydrogen-bond acceptors (Lipinski definition) is 6. The van der Waals surface area contributed by atoms with E-state index < -0.39 is 0 Å². The topological polar surface area (TPSA) is 70.6 Å². The van der Waals surface area contributed by atoms with Crippen LogP contribution in [0.15, 0.2) is 48.7 Å². The summed E-state index contributed by atoms with van der Waals surface area (Å²) in [5.74, 6) is 1.05. The van der Waals surface area contributed by atoms with Crippen molar-refractivity contribution in [2.24, 2.45) is 5.92 Å². The van der Waals surface area contributed by atoms with E-state index in [1.165, 1.54) is 29.6 Å². The number of para-hydroxylation sites is 1. The second-order valence-corrected chi connectivity index (χ2v) is 9.15. The van der Waals surface area contributed by atoms with Crippen LogP contribution in [0.1, 0.15) is 30.1 Å². The number of ether oxygens (including phenoxy) is 1. The van der Waals surface area contributed by atoms with Crippen LogP contribution in [0.5, 0.6) is 5.88 Å². The van der Waals surface area contributed by atoms with Gasteiger partial charge < -0.3 is 15.0 Å². The maximum atomic E-state index is 13.0. The summed E-state index contributed by atoms with van der Waals surface area (Å²) in [6, 6.07) is 13.3. The maximum Gasteiger partial charge on any atom is 0.268 e. The fraction of sp³-hybridized carbons (Fsp3) is 0.292. The molecule has 3 aromatic rings. The Hall–Kier alpha value is -3.03. The highest BCUT2D eigenvalue weighted by Crippen LogP contribution is 2.37. The van der Waals surface area contributed by atoms with Crippen molar-refractivity contribution in [3.8, 4) is 5.88 Å². The van der Waals surface area contributed by atoms with Crippen LogP contribution in [0.25, 0.3) is 0 Å². The molecule has 1 aromatic heterocycles. The second kappa shape index (κ2) is 9.08. The number of benzene rings is 2. The van der Waals surface area contributed by atoms with Crippen LogP contribution in [0.3, 0.4) is 0 Å². The molecule has 1 fully saturated rings. The van der Waals surface area contributed by atoms with Crippen LogP contribution < -0.4 is 19.9 Å². The molecular weight excluding hydrogens is 461 g/mol. The predicted molar refractivity (Wildman–Crippen MR) is 131 cm³/mol. The summed E-state index contributed by atoms with van der Waals surface area (Å²) in [4.78, 5) is 25.5. The average molecular weight is 484 g/mol. The van der Waals surface area contributed by atoms with Crippen LogP contribution in [0.4, 0.5) is 23.0 Å². The van der Waals surface area contributed by atoms with Crippen molar-refractivity contribution in [3.63, 3.8) is 0 Å². The van der Waals surface area contributed by atoms with Crippen LogP contribution in [0, 0.1) is 5.92 Å². The standard InChI is InChI=1S/C24H23Cl2N5O2/c1-15-9-11-30(12-10-15)17-7-5-16(6-8-17)28-24-27-13-18-22(29-24)33-14-31(23(18)32)21-19(25)3-2-4-20(21)26/h2-8,13,15H,9-12,14H2,1H3,(H,27,28,29). The normalized spacial score (nSPS) is 16.4. The third kappa shape index (κ3) is 4.43. The lowest BCUT2D eigenvalue weighted by Gasteiger charge is -2.32. The Morgan fingerprint density at radius 3 is 2.45 bits per heavy atom. The van der Waals surface area contributed by atoms with Crippen molar-refractivity contribution in [2.45, 2.75) is 19.8 Å². The number of carbonyl (C=O) groups excluding carboxylic acids is 1. The summed E-state index contributed by atoms with van der Waals surface area (Å²) < 4.78 is 5.75. The molecule has 2 aliphatic rings. The molecule has 5 rings (SSSR count). The lowest BCUT2D eigenvalue weighted by molar-refractivity contribution is 0.0932. The van der Waals surface area contributed by atoms with E-state index in [0.717, 1.165) is 24.7 Å². The fourth-order valence-corrected chi connectivity index (χ4v) is 4.68. The Balaban J connectivity index is 1.30. The van der Waals surface area contributed by atoms with E-state index in [4.69, 9.17) is 27.9 Å². The highest BCUT2D eigenvalue weighted by molar-refractivity contribution is 6.40. The number of aromatic nitrogens is 2. The zero-order valence-electron chi connectivity index (χ0n) is 18.1. The van der Waals surface area contributed by atoms with Crippen molar-refractivity contribution in [1.82, 2.24) is 9.97 Å². The van der Waals surface area contributed by atoms with Gasteiger partial charge in [-0.25, -0.2) is 4.98 Å². The van der Waals surface area contributed by atoms with Crippen LogP contribution in [-0.2, 0) is 0 Å². The first-order valence-electron chi connectivity index (χ1n) is 10.9. The Bertz CT molecular complexity index is 1160. The first-order valence-corrected chi connectivity index (χ1v) is 11.6. The van der Waals surface area contributed by atoms with Gasteiger partial charge in [0, 0.05) is 30.7 Å². The number of fused-ring (bicyclic) bond motifs is 1. The summed E-state index contributed by atoms with van der Waals surface area (Å²) in [5.41, 5.74) is 2.72. The first-order chi connectivity index (χ1) is 16.0. The summed E-state index contributed by atoms with van der Waals surface area (Å²) in [6.07, 6.45) is 3.90. The summed E-state index contributed by atoms with van der Waals surface area (Å²) in [6.45, 7) is 4.44. The summed E-state index contributed by atoms with van der Waals surface area (Å²) >= 11 is 12.5. The molecule has 2 aliphatic heterocycles. The fourth-order valence-electron chi connectivity index (χ4n) is 4.08. The van der Waals surface area contributed by atoms with E-state index in [1.54, 1.807) is 18.2 Å². The molecule has 3 heterocycles. The number of amides is 1. The van der Waals surface area contributed by atoms with Gasteiger partial charge in [0.2, 0.25) is 11.8 Å². The lowest BCUT2D eigenvalue weighted by atomic mass is 9.99. The number of hydrogen-bond donors (Lipinski definition) is 1. The molecule has 0 spiro atoms. The van der Waals surface area contributed by atoms with E-state index in [9.17, 15) is 4.79 Å². The molecule has 2 aromatic carbocycles. The number of piperidine rings is 1. The molecule has 0 radical (unpaired) electrons. The van der Waals surface area contributed by atoms with Gasteiger partial charge >= 0.3 is 0 Å². The third-order valence-corrected chi connectivity index (χ3v) is 6.65. The van der Waals surface area contributed by atoms with E-state index in [-0.39, 0.29) is 24.1 Å². The zero-order chi connectivity index (χ0) is 22.9. The van der Waals surface area contributed by atoms with Gasteiger partial charge in [0.15, 0.2) is 6.73 Å². The number of halogens is 2. The summed E-state index contributed by atoms with van der Waals surface area (Å²) in [5, 5.41) is 3.91. The van der Waals surface area contributed by atoms with Crippen molar-refractivity contribution in [2.75, 3.05) is 34.9 Å². The molecule has 9 heteroatoms. The van der Waals surface area contributed by atoms with E-state index in [1.807, 2.05) is 12.1 Å². The number of rotatable bonds is 4. The number of nitrogens with zero attached hydrogens (tertiary/aromatic N) is 4. The van der Waals surface area contributed by atoms with Gasteiger partial charge in [0.1, 0.15) is 5.56 Å². The van der Waals surface area contributed by atoms with Gasteiger partial charge in [0.25, 0.3) is 5.91 Å². The molecular formula is C24H23Cl2N5O2. The Labute approximate surface area is 202 Å². The van der Waals surface area contributed by atoms with E-state index >= 15 is 0 Å². The summed E-state index contributed by atoms with van der Waals surface area (Å²) in [7, 11) is 0. The van der Waals surface area contributed by atoms with Gasteiger partial charge in [-0.1, -0.05) is 36.2 Å². The maximum absolute atomic E-state index is 13.0. The minimum atomic E-state index is -0.321. The van der Waals surface area contributed by atoms with Gasteiger partial charge in [-0.2, -0.15) is 4.98 Å². The van der Waals surface area contributed by atoms with Gasteiger partial charge in [-0.3, -0.25) is 9.69 Å². The molecule has 1 amide bonds. The van der Waals surface area contributed by atoms with E-state index in [0.29, 0.717) is 21.7 Å². The smallest absolute Gasteiger partial charge is 0.268 e. The molecule has 1 saturated heterocycles. The molecule has 1 N–H and O–H groups in total. The predicted octanol–water partition coefficient (Wildman–Crippen LogP) is 5.76.